The summed E-state index contributed by atoms with van der Waals surface area (Å²) >= 11 is 3.16. The zero-order valence-corrected chi connectivity index (χ0v) is 16.6. The topological polar surface area (TPSA) is 9.23 Å². The summed E-state index contributed by atoms with van der Waals surface area (Å²) in [5, 5.41) is 6.32. The quantitative estimate of drug-likeness (QED) is 0.363. The first-order valence-corrected chi connectivity index (χ1v) is 10.1. The van der Waals surface area contributed by atoms with E-state index in [9.17, 15) is 0 Å². The number of terminal acetylenes is 2. The average Bonchev–Trinajstić information content (AvgIpc) is 3.35. The molecule has 0 aliphatic carbocycles. The predicted octanol–water partition coefficient (Wildman–Crippen LogP) is 6.58. The van der Waals surface area contributed by atoms with Crippen molar-refractivity contribution < 1.29 is 4.74 Å². The van der Waals surface area contributed by atoms with E-state index in [1.807, 2.05) is 10.8 Å². The fourth-order valence-corrected chi connectivity index (χ4v) is 4.80. The van der Waals surface area contributed by atoms with E-state index in [1.165, 1.54) is 5.56 Å². The number of hydrogen-bond acceptors (Lipinski definition) is 3. The molecular weight excluding hydrogens is 368 g/mol. The van der Waals surface area contributed by atoms with Crippen molar-refractivity contribution in [1.82, 2.24) is 0 Å². The molecule has 0 radical (unpaired) electrons. The molecule has 0 atom stereocenters. The summed E-state index contributed by atoms with van der Waals surface area (Å²) in [6, 6.07) is 12.8. The van der Waals surface area contributed by atoms with Crippen LogP contribution in [0.25, 0.3) is 33.0 Å². The van der Waals surface area contributed by atoms with E-state index in [2.05, 4.69) is 55.2 Å². The highest BCUT2D eigenvalue weighted by Gasteiger charge is 2.15. The van der Waals surface area contributed by atoms with Gasteiger partial charge in [-0.3, -0.25) is 0 Å². The number of benzene rings is 2. The van der Waals surface area contributed by atoms with Gasteiger partial charge in [0.05, 0.1) is 16.9 Å². The molecule has 2 aromatic carbocycles. The second-order valence-corrected chi connectivity index (χ2v) is 8.01. The predicted molar refractivity (Wildman–Crippen MR) is 118 cm³/mol. The van der Waals surface area contributed by atoms with Crippen molar-refractivity contribution in [3.63, 3.8) is 0 Å². The third-order valence-electron chi connectivity index (χ3n) is 4.67. The number of rotatable bonds is 3. The number of aryl methyl sites for hydroxylation is 1. The Morgan fingerprint density at radius 3 is 1.93 bits per heavy atom. The zero-order valence-electron chi connectivity index (χ0n) is 15.0. The normalized spacial score (nSPS) is 10.5. The van der Waals surface area contributed by atoms with Gasteiger partial charge in [0.15, 0.2) is 0 Å². The Labute approximate surface area is 167 Å². The maximum Gasteiger partial charge on any atom is 0.127 e. The molecule has 0 spiro atoms. The molecule has 0 aliphatic rings. The van der Waals surface area contributed by atoms with Crippen LogP contribution in [0.5, 0.6) is 5.75 Å². The molecule has 1 nitrogen and oxygen atoms in total. The van der Waals surface area contributed by atoms with E-state index in [0.29, 0.717) is 0 Å². The summed E-state index contributed by atoms with van der Waals surface area (Å²) in [5.74, 6) is 6.37. The van der Waals surface area contributed by atoms with E-state index in [4.69, 9.17) is 17.6 Å². The highest BCUT2D eigenvalue weighted by molar-refractivity contribution is 7.11. The van der Waals surface area contributed by atoms with E-state index in [1.54, 1.807) is 29.8 Å². The molecule has 0 N–H and O–H groups in total. The van der Waals surface area contributed by atoms with Gasteiger partial charge in [-0.2, -0.15) is 0 Å². The van der Waals surface area contributed by atoms with Gasteiger partial charge >= 0.3 is 0 Å². The molecule has 0 amide bonds. The molecular formula is C24H16OS2. The maximum atomic E-state index is 5.69. The van der Waals surface area contributed by atoms with Crippen molar-refractivity contribution in [2.45, 2.75) is 6.92 Å². The Hall–Kier alpha value is -2.98. The number of thiophene rings is 2. The maximum absolute atomic E-state index is 5.69. The van der Waals surface area contributed by atoms with Gasteiger partial charge in [0.25, 0.3) is 0 Å². The minimum absolute atomic E-state index is 0.815. The molecule has 0 fully saturated rings. The highest BCUT2D eigenvalue weighted by Crippen LogP contribution is 2.40. The van der Waals surface area contributed by atoms with Crippen LogP contribution in [0, 0.1) is 31.6 Å². The lowest BCUT2D eigenvalue weighted by atomic mass is 9.94. The van der Waals surface area contributed by atoms with Crippen LogP contribution in [0.4, 0.5) is 0 Å². The zero-order chi connectivity index (χ0) is 19.0. The minimum atomic E-state index is 0.815. The van der Waals surface area contributed by atoms with Gasteiger partial charge in [-0.25, -0.2) is 0 Å². The van der Waals surface area contributed by atoms with Crippen LogP contribution in [0.1, 0.15) is 15.3 Å². The molecule has 0 saturated carbocycles. The van der Waals surface area contributed by atoms with Gasteiger partial charge in [-0.1, -0.05) is 17.9 Å². The largest absolute Gasteiger partial charge is 0.496 e. The van der Waals surface area contributed by atoms with E-state index in [0.717, 1.165) is 48.5 Å². The number of methoxy groups -OCH3 is 1. The summed E-state index contributed by atoms with van der Waals surface area (Å²) in [6.45, 7) is 2.12. The number of ether oxygens (including phenoxy) is 1. The van der Waals surface area contributed by atoms with E-state index >= 15 is 0 Å². The molecule has 0 saturated heterocycles. The summed E-state index contributed by atoms with van der Waals surface area (Å²) in [4.78, 5) is 1.87. The van der Waals surface area contributed by atoms with Crippen LogP contribution in [0.15, 0.2) is 47.2 Å². The van der Waals surface area contributed by atoms with Gasteiger partial charge in [-0.15, -0.1) is 35.5 Å². The molecule has 130 valence electrons. The smallest absolute Gasteiger partial charge is 0.127 e. The molecule has 0 bridgehead atoms. The van der Waals surface area contributed by atoms with Crippen molar-refractivity contribution in [2.75, 3.05) is 7.11 Å². The first-order chi connectivity index (χ1) is 13.2. The fourth-order valence-electron chi connectivity index (χ4n) is 3.38. The molecule has 2 heterocycles. The standard InChI is InChI=1S/C24H16OS2/c1-5-23-18(7-9-26-23)20-12-17-14-22(25-4)21(13-16(17)11-15(20)3)19-8-10-27-24(19)6-2/h1-2,7-14H,3-4H3. The van der Waals surface area contributed by atoms with E-state index in [-0.39, 0.29) is 0 Å². The molecule has 4 aromatic rings. The van der Waals surface area contributed by atoms with Gasteiger partial charge in [0.2, 0.25) is 0 Å². The van der Waals surface area contributed by atoms with Crippen molar-refractivity contribution in [3.8, 4) is 52.7 Å². The molecule has 4 rings (SSSR count). The second kappa shape index (κ2) is 6.97. The summed E-state index contributed by atoms with van der Waals surface area (Å²) in [5.41, 5.74) is 5.52. The Morgan fingerprint density at radius 2 is 1.33 bits per heavy atom. The summed E-state index contributed by atoms with van der Waals surface area (Å²) < 4.78 is 5.69. The number of hydrogen-bond donors (Lipinski definition) is 0. The van der Waals surface area contributed by atoms with Crippen molar-refractivity contribution in [1.29, 1.82) is 0 Å². The second-order valence-electron chi connectivity index (χ2n) is 6.18. The van der Waals surface area contributed by atoms with Crippen LogP contribution < -0.4 is 4.74 Å². The van der Waals surface area contributed by atoms with Crippen LogP contribution >= 0.6 is 22.7 Å². The third-order valence-corrected chi connectivity index (χ3v) is 6.37. The van der Waals surface area contributed by atoms with Crippen molar-refractivity contribution >= 4 is 33.4 Å². The molecule has 27 heavy (non-hydrogen) atoms. The minimum Gasteiger partial charge on any atom is -0.496 e. The lowest BCUT2D eigenvalue weighted by Gasteiger charge is -2.13. The van der Waals surface area contributed by atoms with Crippen LogP contribution in [0.2, 0.25) is 0 Å². The Balaban J connectivity index is 1.96. The number of fused-ring (bicyclic) bond motifs is 1. The van der Waals surface area contributed by atoms with Gasteiger partial charge in [-0.05, 0) is 69.9 Å². The Morgan fingerprint density at radius 1 is 0.778 bits per heavy atom. The van der Waals surface area contributed by atoms with Gasteiger partial charge in [0, 0.05) is 16.7 Å². The molecule has 3 heteroatoms. The molecule has 2 aromatic heterocycles. The Bertz CT molecular complexity index is 1240. The van der Waals surface area contributed by atoms with Crippen molar-refractivity contribution in [3.05, 3.63) is 62.5 Å². The lowest BCUT2D eigenvalue weighted by molar-refractivity contribution is 0.417. The summed E-state index contributed by atoms with van der Waals surface area (Å²) in [6.07, 6.45) is 11.3. The van der Waals surface area contributed by atoms with Crippen molar-refractivity contribution in [2.24, 2.45) is 0 Å². The molecule has 0 aliphatic heterocycles. The van der Waals surface area contributed by atoms with E-state index < -0.39 is 0 Å². The average molecular weight is 385 g/mol. The molecule has 0 unspecified atom stereocenters. The third kappa shape index (κ3) is 2.92. The SMILES string of the molecule is C#Cc1sccc1-c1cc2cc(OC)c(-c3ccsc3C#C)cc2cc1C. The monoisotopic (exact) mass is 384 g/mol. The first-order valence-electron chi connectivity index (χ1n) is 8.37. The lowest BCUT2D eigenvalue weighted by Crippen LogP contribution is -1.91. The van der Waals surface area contributed by atoms with Crippen LogP contribution in [0.3, 0.4) is 0 Å². The first kappa shape index (κ1) is 17.4. The highest BCUT2D eigenvalue weighted by atomic mass is 32.1. The van der Waals surface area contributed by atoms with Crippen LogP contribution in [-0.2, 0) is 0 Å². The summed E-state index contributed by atoms with van der Waals surface area (Å²) in [7, 11) is 1.69. The fraction of sp³-hybridized carbons (Fsp3) is 0.0833. The van der Waals surface area contributed by atoms with Gasteiger partial charge in [0.1, 0.15) is 5.75 Å². The van der Waals surface area contributed by atoms with Gasteiger partial charge < -0.3 is 4.74 Å². The Kier molecular flexibility index (Phi) is 4.50. The van der Waals surface area contributed by atoms with Crippen LogP contribution in [-0.4, -0.2) is 7.11 Å².